The number of halogens is 2. The minimum Gasteiger partial charge on any atom is -0.371 e. The highest BCUT2D eigenvalue weighted by molar-refractivity contribution is 6.24. The van der Waals surface area contributed by atoms with Crippen LogP contribution in [0.25, 0.3) is 0 Å². The molecule has 0 aliphatic carbocycles. The molecule has 1 N–H and O–H groups in total. The van der Waals surface area contributed by atoms with Gasteiger partial charge in [0.15, 0.2) is 0 Å². The van der Waals surface area contributed by atoms with Gasteiger partial charge in [-0.25, -0.2) is 8.78 Å². The fraction of sp³-hybridized carbons (Fsp3) is 0.348. The number of alkyl halides is 2. The normalized spacial score (nSPS) is 18.0. The van der Waals surface area contributed by atoms with Gasteiger partial charge in [0.05, 0.1) is 28.3 Å². The summed E-state index contributed by atoms with van der Waals surface area (Å²) >= 11 is 0. The van der Waals surface area contributed by atoms with Crippen molar-refractivity contribution in [2.24, 2.45) is 0 Å². The number of amides is 2. The third-order valence-corrected chi connectivity index (χ3v) is 5.93. The molecule has 0 aromatic heterocycles. The van der Waals surface area contributed by atoms with E-state index in [9.17, 15) is 23.6 Å². The number of carbonyl (C=O) groups excluding carboxylic acids is 2. The smallest absolute Gasteiger partial charge is 0.261 e. The van der Waals surface area contributed by atoms with Gasteiger partial charge in [0, 0.05) is 19.5 Å². The molecule has 2 amide bonds. The Hall–Kier alpha value is -3.27. The number of piperidine rings is 1. The molecule has 154 valence electrons. The van der Waals surface area contributed by atoms with Gasteiger partial charge in [-0.3, -0.25) is 14.9 Å². The van der Waals surface area contributed by atoms with Crippen LogP contribution in [0.2, 0.25) is 0 Å². The molecule has 1 saturated heterocycles. The second-order valence-corrected chi connectivity index (χ2v) is 8.07. The summed E-state index contributed by atoms with van der Waals surface area (Å²) in [6.45, 7) is 1.67. The molecule has 0 saturated carbocycles. The quantitative estimate of drug-likeness (QED) is 0.779. The van der Waals surface area contributed by atoms with Crippen molar-refractivity contribution < 1.29 is 18.4 Å². The van der Waals surface area contributed by atoms with E-state index in [1.165, 1.54) is 12.1 Å². The Labute approximate surface area is 173 Å². The molecule has 2 aromatic rings. The average Bonchev–Trinajstić information content (AvgIpc) is 3.01. The fourth-order valence-electron chi connectivity index (χ4n) is 4.46. The maximum Gasteiger partial charge on any atom is 0.261 e. The molecule has 0 spiro atoms. The van der Waals surface area contributed by atoms with E-state index in [1.54, 1.807) is 0 Å². The topological polar surface area (TPSA) is 73.2 Å². The molecule has 2 heterocycles. The molecule has 2 aliphatic rings. The van der Waals surface area contributed by atoms with Crippen molar-refractivity contribution in [1.82, 2.24) is 5.32 Å². The van der Waals surface area contributed by atoms with Crippen LogP contribution in [0.3, 0.4) is 0 Å². The summed E-state index contributed by atoms with van der Waals surface area (Å²) in [5, 5.41) is 12.2. The predicted molar refractivity (Wildman–Crippen MR) is 108 cm³/mol. The zero-order valence-corrected chi connectivity index (χ0v) is 16.5. The first-order chi connectivity index (χ1) is 14.2. The number of nitriles is 1. The summed E-state index contributed by atoms with van der Waals surface area (Å²) < 4.78 is 27.7. The van der Waals surface area contributed by atoms with Gasteiger partial charge in [0.1, 0.15) is 0 Å². The van der Waals surface area contributed by atoms with Crippen molar-refractivity contribution in [3.63, 3.8) is 0 Å². The van der Waals surface area contributed by atoms with Gasteiger partial charge >= 0.3 is 0 Å². The maximum atomic E-state index is 13.9. The van der Waals surface area contributed by atoms with Crippen LogP contribution in [0.4, 0.5) is 14.5 Å². The Kier molecular flexibility index (Phi) is 4.81. The van der Waals surface area contributed by atoms with Crippen LogP contribution in [0.15, 0.2) is 42.5 Å². The Bertz CT molecular complexity index is 1050. The summed E-state index contributed by atoms with van der Waals surface area (Å²) in [5.74, 6) is -4.04. The van der Waals surface area contributed by atoms with Crippen molar-refractivity contribution in [3.8, 4) is 6.07 Å². The van der Waals surface area contributed by atoms with Crippen LogP contribution in [0.5, 0.6) is 0 Å². The molecule has 7 heteroatoms. The van der Waals surface area contributed by atoms with Gasteiger partial charge in [0.2, 0.25) is 5.92 Å². The number of hydrogen-bond acceptors (Lipinski definition) is 4. The van der Waals surface area contributed by atoms with Crippen molar-refractivity contribution in [3.05, 3.63) is 64.7 Å². The minimum absolute atomic E-state index is 0.158. The van der Waals surface area contributed by atoms with Crippen molar-refractivity contribution >= 4 is 17.5 Å². The third-order valence-electron chi connectivity index (χ3n) is 5.93. The van der Waals surface area contributed by atoms with Gasteiger partial charge in [-0.1, -0.05) is 36.4 Å². The van der Waals surface area contributed by atoms with E-state index < -0.39 is 29.6 Å². The number of hydrogen-bond donors (Lipinski definition) is 1. The predicted octanol–water partition coefficient (Wildman–Crippen LogP) is 3.83. The Morgan fingerprint density at radius 3 is 2.37 bits per heavy atom. The van der Waals surface area contributed by atoms with Crippen molar-refractivity contribution in [2.45, 2.75) is 37.5 Å². The largest absolute Gasteiger partial charge is 0.371 e. The second-order valence-electron chi connectivity index (χ2n) is 8.07. The van der Waals surface area contributed by atoms with Crippen LogP contribution in [-0.2, 0) is 11.8 Å². The molecular formula is C23H21F2N3O2. The lowest BCUT2D eigenvalue weighted by atomic mass is 9.74. The zero-order chi connectivity index (χ0) is 21.5. The molecule has 0 bridgehead atoms. The molecule has 0 atom stereocenters. The van der Waals surface area contributed by atoms with Crippen LogP contribution in [0.1, 0.15) is 51.6 Å². The van der Waals surface area contributed by atoms with Crippen molar-refractivity contribution in [2.75, 3.05) is 18.0 Å². The highest BCUT2D eigenvalue weighted by Gasteiger charge is 2.40. The van der Waals surface area contributed by atoms with E-state index in [-0.39, 0.29) is 11.1 Å². The second kappa shape index (κ2) is 7.21. The van der Waals surface area contributed by atoms with Crippen LogP contribution >= 0.6 is 0 Å². The van der Waals surface area contributed by atoms with Crippen LogP contribution in [0, 0.1) is 11.3 Å². The lowest BCUT2D eigenvalue weighted by Crippen LogP contribution is -2.43. The first-order valence-electron chi connectivity index (χ1n) is 9.85. The maximum absolute atomic E-state index is 13.9. The molecule has 0 radical (unpaired) electrons. The minimum atomic E-state index is -2.96. The number of fused-ring (bicyclic) bond motifs is 1. The number of carbonyl (C=O) groups is 2. The number of imide groups is 1. The van der Waals surface area contributed by atoms with E-state index >= 15 is 0 Å². The monoisotopic (exact) mass is 409 g/mol. The summed E-state index contributed by atoms with van der Waals surface area (Å²) in [4.78, 5) is 26.4. The van der Waals surface area contributed by atoms with E-state index in [0.29, 0.717) is 37.2 Å². The first-order valence-corrected chi connectivity index (χ1v) is 9.85. The van der Waals surface area contributed by atoms with Gasteiger partial charge in [-0.15, -0.1) is 0 Å². The molecular weight excluding hydrogens is 388 g/mol. The molecule has 4 rings (SSSR count). The van der Waals surface area contributed by atoms with Gasteiger partial charge in [-0.05, 0) is 37.0 Å². The molecule has 1 fully saturated rings. The van der Waals surface area contributed by atoms with E-state index in [0.717, 1.165) is 12.5 Å². The fourth-order valence-corrected chi connectivity index (χ4v) is 4.46. The molecule has 30 heavy (non-hydrogen) atoms. The number of nitrogens with zero attached hydrogens (tertiary/aromatic N) is 2. The highest BCUT2D eigenvalue weighted by atomic mass is 19.3. The van der Waals surface area contributed by atoms with Crippen LogP contribution in [-0.4, -0.2) is 30.8 Å². The molecule has 0 unspecified atom stereocenters. The van der Waals surface area contributed by atoms with Gasteiger partial charge < -0.3 is 4.90 Å². The molecule has 2 aliphatic heterocycles. The number of anilines is 1. The molecule has 2 aromatic carbocycles. The number of nitrogens with one attached hydrogen (secondary N) is 1. The summed E-state index contributed by atoms with van der Waals surface area (Å²) in [7, 11) is 0. The third kappa shape index (κ3) is 3.43. The summed E-state index contributed by atoms with van der Waals surface area (Å²) in [5.41, 5.74) is 1.35. The van der Waals surface area contributed by atoms with Crippen molar-refractivity contribution in [1.29, 1.82) is 5.26 Å². The number of rotatable bonds is 4. The Balaban J connectivity index is 1.72. The Morgan fingerprint density at radius 2 is 1.77 bits per heavy atom. The van der Waals surface area contributed by atoms with Crippen LogP contribution < -0.4 is 10.2 Å². The molecule has 5 nitrogen and oxygen atoms in total. The Morgan fingerprint density at radius 1 is 1.10 bits per heavy atom. The van der Waals surface area contributed by atoms with E-state index in [1.807, 2.05) is 35.2 Å². The van der Waals surface area contributed by atoms with E-state index in [2.05, 4.69) is 11.4 Å². The SMILES string of the molecule is CC(F)(F)Cc1ccc2c(c1N1CCC(C#N)(c3ccccc3)CC1)C(=O)NC2=O. The standard InChI is InChI=1S/C23H21F2N3O2/c1-22(24,25)13-15-7-8-17-18(21(30)27-20(17)29)19(15)28-11-9-23(14-26,10-12-28)16-5-3-2-4-6-16/h2-8H,9-13H2,1H3,(H,27,29,30). The first kappa shape index (κ1) is 20.0. The highest BCUT2D eigenvalue weighted by Crippen LogP contribution is 2.40. The lowest BCUT2D eigenvalue weighted by Gasteiger charge is -2.40. The van der Waals surface area contributed by atoms with Gasteiger partial charge in [-0.2, -0.15) is 5.26 Å². The number of benzene rings is 2. The lowest BCUT2D eigenvalue weighted by molar-refractivity contribution is 0.0226. The summed E-state index contributed by atoms with van der Waals surface area (Å²) in [6, 6.07) is 14.9. The zero-order valence-electron chi connectivity index (χ0n) is 16.5. The average molecular weight is 409 g/mol. The summed E-state index contributed by atoms with van der Waals surface area (Å²) in [6.07, 6.45) is 0.457. The van der Waals surface area contributed by atoms with Gasteiger partial charge in [0.25, 0.3) is 11.8 Å². The van der Waals surface area contributed by atoms with E-state index in [4.69, 9.17) is 0 Å².